The van der Waals surface area contributed by atoms with E-state index < -0.39 is 5.97 Å². The summed E-state index contributed by atoms with van der Waals surface area (Å²) in [5.74, 6) is -0.336. The first kappa shape index (κ1) is 16.8. The second-order valence-electron chi connectivity index (χ2n) is 6.21. The van der Waals surface area contributed by atoms with Crippen LogP contribution in [0.5, 0.6) is 0 Å². The fourth-order valence-corrected chi connectivity index (χ4v) is 2.86. The first-order chi connectivity index (χ1) is 9.34. The minimum atomic E-state index is -0.803. The van der Waals surface area contributed by atoms with Crippen LogP contribution in [0.25, 0.3) is 0 Å². The highest BCUT2D eigenvalue weighted by molar-refractivity contribution is 5.75. The molecule has 1 N–H and O–H groups in total. The van der Waals surface area contributed by atoms with Crippen LogP contribution in [-0.2, 0) is 4.79 Å². The van der Waals surface area contributed by atoms with E-state index in [1.54, 1.807) is 0 Å². The van der Waals surface area contributed by atoms with Crippen molar-refractivity contribution in [3.05, 3.63) is 0 Å². The number of rotatable bonds is 6. The number of amides is 2. The first-order valence-corrected chi connectivity index (χ1v) is 7.63. The zero-order valence-electron chi connectivity index (χ0n) is 13.1. The summed E-state index contributed by atoms with van der Waals surface area (Å²) in [4.78, 5) is 27.1. The third-order valence-corrected chi connectivity index (χ3v) is 3.97. The van der Waals surface area contributed by atoms with Crippen molar-refractivity contribution in [2.45, 2.75) is 65.5 Å². The van der Waals surface area contributed by atoms with Gasteiger partial charge in [0, 0.05) is 31.6 Å². The zero-order chi connectivity index (χ0) is 15.3. The molecule has 0 spiro atoms. The van der Waals surface area contributed by atoms with Crippen molar-refractivity contribution in [3.8, 4) is 0 Å². The highest BCUT2D eigenvalue weighted by Gasteiger charge is 2.33. The average molecular weight is 284 g/mol. The molecule has 2 amide bonds. The van der Waals surface area contributed by atoms with Gasteiger partial charge >= 0.3 is 12.0 Å². The molecule has 0 aromatic rings. The Hall–Kier alpha value is -1.26. The molecule has 1 fully saturated rings. The number of carbonyl (C=O) groups excluding carboxylic acids is 1. The third-order valence-electron chi connectivity index (χ3n) is 3.97. The zero-order valence-corrected chi connectivity index (χ0v) is 13.1. The summed E-state index contributed by atoms with van der Waals surface area (Å²) in [6.07, 6.45) is 2.77. The van der Waals surface area contributed by atoms with Crippen molar-refractivity contribution >= 4 is 12.0 Å². The molecular formula is C15H28N2O3. The molecule has 1 atom stereocenters. The van der Waals surface area contributed by atoms with Gasteiger partial charge in [0.25, 0.3) is 0 Å². The lowest BCUT2D eigenvalue weighted by Crippen LogP contribution is -2.49. The molecule has 0 aliphatic carbocycles. The first-order valence-electron chi connectivity index (χ1n) is 7.63. The second kappa shape index (κ2) is 7.50. The summed E-state index contributed by atoms with van der Waals surface area (Å²) >= 11 is 0. The van der Waals surface area contributed by atoms with Gasteiger partial charge in [-0.15, -0.1) is 0 Å². The smallest absolute Gasteiger partial charge is 0.320 e. The van der Waals surface area contributed by atoms with Crippen LogP contribution in [0.4, 0.5) is 4.79 Å². The van der Waals surface area contributed by atoms with Crippen LogP contribution >= 0.6 is 0 Å². The van der Waals surface area contributed by atoms with E-state index in [-0.39, 0.29) is 18.5 Å². The van der Waals surface area contributed by atoms with Crippen LogP contribution in [0, 0.1) is 5.92 Å². The van der Waals surface area contributed by atoms with Gasteiger partial charge in [0.1, 0.15) is 0 Å². The Morgan fingerprint density at radius 2 is 1.95 bits per heavy atom. The molecule has 0 bridgehead atoms. The Balaban J connectivity index is 2.65. The van der Waals surface area contributed by atoms with Crippen LogP contribution in [0.2, 0.25) is 0 Å². The quantitative estimate of drug-likeness (QED) is 0.816. The number of carboxylic acid groups (broad SMARTS) is 1. The van der Waals surface area contributed by atoms with Crippen LogP contribution in [-0.4, -0.2) is 52.1 Å². The number of likely N-dealkylation sites (tertiary alicyclic amines) is 1. The topological polar surface area (TPSA) is 60.9 Å². The molecule has 0 aromatic heterocycles. The highest BCUT2D eigenvalue weighted by Crippen LogP contribution is 2.25. The van der Waals surface area contributed by atoms with E-state index in [4.69, 9.17) is 5.11 Å². The summed E-state index contributed by atoms with van der Waals surface area (Å²) in [5.41, 5.74) is 0. The molecule has 0 radical (unpaired) electrons. The summed E-state index contributed by atoms with van der Waals surface area (Å²) in [5, 5.41) is 8.72. The van der Waals surface area contributed by atoms with Gasteiger partial charge in [0.15, 0.2) is 0 Å². The van der Waals surface area contributed by atoms with Gasteiger partial charge in [0.2, 0.25) is 0 Å². The van der Waals surface area contributed by atoms with E-state index in [1.807, 2.05) is 23.6 Å². The fourth-order valence-electron chi connectivity index (χ4n) is 2.86. The summed E-state index contributed by atoms with van der Waals surface area (Å²) in [6.45, 7) is 9.62. The number of nitrogens with zero attached hydrogens (tertiary/aromatic N) is 2. The molecule has 1 unspecified atom stereocenters. The van der Waals surface area contributed by atoms with Gasteiger partial charge in [0.05, 0.1) is 0 Å². The van der Waals surface area contributed by atoms with Crippen molar-refractivity contribution in [1.82, 2.24) is 9.80 Å². The van der Waals surface area contributed by atoms with Crippen LogP contribution in [0.1, 0.15) is 53.4 Å². The normalized spacial score (nSPS) is 18.9. The number of hydrogen-bond donors (Lipinski definition) is 1. The largest absolute Gasteiger partial charge is 0.481 e. The molecule has 5 nitrogen and oxygen atoms in total. The molecule has 5 heteroatoms. The molecule has 1 rings (SSSR count). The molecule has 1 saturated heterocycles. The lowest BCUT2D eigenvalue weighted by atomic mass is 10.0. The monoisotopic (exact) mass is 284 g/mol. The summed E-state index contributed by atoms with van der Waals surface area (Å²) in [7, 11) is 0. The SMILES string of the molecule is CC(C)C1CCCN1C(=O)N(CCCC(=O)O)C(C)C. The molecule has 0 saturated carbocycles. The van der Waals surface area contributed by atoms with E-state index in [1.165, 1.54) is 0 Å². The van der Waals surface area contributed by atoms with Crippen molar-refractivity contribution in [2.24, 2.45) is 5.92 Å². The van der Waals surface area contributed by atoms with Crippen molar-refractivity contribution in [1.29, 1.82) is 0 Å². The van der Waals surface area contributed by atoms with E-state index in [2.05, 4.69) is 13.8 Å². The molecule has 1 aliphatic heterocycles. The molecule has 0 aromatic carbocycles. The maximum absolute atomic E-state index is 12.7. The Morgan fingerprint density at radius 1 is 1.30 bits per heavy atom. The lowest BCUT2D eigenvalue weighted by Gasteiger charge is -2.35. The number of carbonyl (C=O) groups is 2. The van der Waals surface area contributed by atoms with Crippen molar-refractivity contribution in [2.75, 3.05) is 13.1 Å². The Morgan fingerprint density at radius 3 is 2.45 bits per heavy atom. The van der Waals surface area contributed by atoms with Gasteiger partial charge in [-0.2, -0.15) is 0 Å². The van der Waals surface area contributed by atoms with Crippen molar-refractivity contribution < 1.29 is 14.7 Å². The van der Waals surface area contributed by atoms with Gasteiger partial charge in [-0.1, -0.05) is 13.8 Å². The van der Waals surface area contributed by atoms with Crippen molar-refractivity contribution in [3.63, 3.8) is 0 Å². The Bertz CT molecular complexity index is 342. The minimum Gasteiger partial charge on any atom is -0.481 e. The van der Waals surface area contributed by atoms with Crippen LogP contribution in [0.15, 0.2) is 0 Å². The molecule has 1 heterocycles. The Kier molecular flexibility index (Phi) is 6.30. The fraction of sp³-hybridized carbons (Fsp3) is 0.867. The summed E-state index contributed by atoms with van der Waals surface area (Å²) in [6, 6.07) is 0.495. The van der Waals surface area contributed by atoms with E-state index in [9.17, 15) is 9.59 Å². The van der Waals surface area contributed by atoms with E-state index >= 15 is 0 Å². The minimum absolute atomic E-state index is 0.0709. The standard InChI is InChI=1S/C15H28N2O3/c1-11(2)13-7-5-10-17(13)15(20)16(12(3)4)9-6-8-14(18)19/h11-13H,5-10H2,1-4H3,(H,18,19). The molecular weight excluding hydrogens is 256 g/mol. The second-order valence-corrected chi connectivity index (χ2v) is 6.21. The summed E-state index contributed by atoms with van der Waals surface area (Å²) < 4.78 is 0. The van der Waals surface area contributed by atoms with Crippen LogP contribution < -0.4 is 0 Å². The average Bonchev–Trinajstić information content (AvgIpc) is 2.82. The van der Waals surface area contributed by atoms with Gasteiger partial charge in [-0.05, 0) is 39.0 Å². The van der Waals surface area contributed by atoms with E-state index in [0.717, 1.165) is 19.4 Å². The number of urea groups is 1. The van der Waals surface area contributed by atoms with Gasteiger partial charge in [-0.3, -0.25) is 4.79 Å². The lowest BCUT2D eigenvalue weighted by molar-refractivity contribution is -0.137. The van der Waals surface area contributed by atoms with Gasteiger partial charge < -0.3 is 14.9 Å². The van der Waals surface area contributed by atoms with Crippen LogP contribution in [0.3, 0.4) is 0 Å². The Labute approximate surface area is 121 Å². The predicted octanol–water partition coefficient (Wildman–Crippen LogP) is 2.80. The maximum Gasteiger partial charge on any atom is 0.320 e. The molecule has 1 aliphatic rings. The third kappa shape index (κ3) is 4.39. The number of carboxylic acids is 1. The van der Waals surface area contributed by atoms with Gasteiger partial charge in [-0.25, -0.2) is 4.79 Å². The molecule has 116 valence electrons. The number of aliphatic carboxylic acids is 1. The predicted molar refractivity (Wildman–Crippen MR) is 78.7 cm³/mol. The number of hydrogen-bond acceptors (Lipinski definition) is 2. The molecule has 20 heavy (non-hydrogen) atoms. The van der Waals surface area contributed by atoms with E-state index in [0.29, 0.717) is 24.9 Å². The maximum atomic E-state index is 12.7. The highest BCUT2D eigenvalue weighted by atomic mass is 16.4.